The van der Waals surface area contributed by atoms with E-state index in [1.165, 1.54) is 41.7 Å². The average molecular weight is 617 g/mol. The molecule has 4 bridgehead atoms. The second-order valence-corrected chi connectivity index (χ2v) is 12.9. The van der Waals surface area contributed by atoms with Crippen molar-refractivity contribution in [3.63, 3.8) is 0 Å². The molecule has 42 heavy (non-hydrogen) atoms. The summed E-state index contributed by atoms with van der Waals surface area (Å²) in [6, 6.07) is 1.78. The van der Waals surface area contributed by atoms with Crippen molar-refractivity contribution in [3.05, 3.63) is 44.2 Å². The SMILES string of the molecule is CNC(=O)C(=O)CC[C@H](NC(=O)c1csc(Cl)n1)C(=O)Nc1cccn(CC(=O)NC2C3CC4CC(C3)CC2C4)c1=O. The van der Waals surface area contributed by atoms with Crippen LogP contribution >= 0.6 is 22.9 Å². The van der Waals surface area contributed by atoms with Gasteiger partial charge >= 0.3 is 0 Å². The number of hydrogen-bond donors (Lipinski definition) is 4. The van der Waals surface area contributed by atoms with E-state index in [1.807, 2.05) is 0 Å². The minimum Gasteiger partial charge on any atom is -0.353 e. The molecule has 4 fully saturated rings. The van der Waals surface area contributed by atoms with Gasteiger partial charge in [-0.1, -0.05) is 11.6 Å². The van der Waals surface area contributed by atoms with Crippen molar-refractivity contribution in [3.8, 4) is 0 Å². The van der Waals surface area contributed by atoms with Crippen LogP contribution in [0, 0.1) is 23.7 Å². The van der Waals surface area contributed by atoms with Crippen molar-refractivity contribution < 1.29 is 24.0 Å². The second kappa shape index (κ2) is 12.7. The molecule has 0 spiro atoms. The molecule has 6 rings (SSSR count). The summed E-state index contributed by atoms with van der Waals surface area (Å²) in [5.41, 5.74) is -0.713. The minimum atomic E-state index is -1.28. The normalized spacial score (nSPS) is 24.5. The van der Waals surface area contributed by atoms with E-state index in [4.69, 9.17) is 11.6 Å². The lowest BCUT2D eigenvalue weighted by Gasteiger charge is -2.54. The zero-order chi connectivity index (χ0) is 30.0. The van der Waals surface area contributed by atoms with Crippen LogP contribution in [0.2, 0.25) is 4.47 Å². The summed E-state index contributed by atoms with van der Waals surface area (Å²) in [5.74, 6) is -0.793. The number of pyridine rings is 1. The lowest BCUT2D eigenvalue weighted by Crippen LogP contribution is -2.56. The van der Waals surface area contributed by atoms with E-state index in [1.54, 1.807) is 0 Å². The van der Waals surface area contributed by atoms with Gasteiger partial charge in [0.15, 0.2) is 4.47 Å². The third-order valence-corrected chi connectivity index (χ3v) is 9.60. The van der Waals surface area contributed by atoms with Gasteiger partial charge in [0.1, 0.15) is 24.0 Å². The highest BCUT2D eigenvalue weighted by molar-refractivity contribution is 7.14. The number of carbonyl (C=O) groups excluding carboxylic acids is 5. The zero-order valence-corrected chi connectivity index (χ0v) is 24.6. The lowest BCUT2D eigenvalue weighted by molar-refractivity contribution is -0.137. The maximum absolute atomic E-state index is 13.2. The molecule has 12 nitrogen and oxygen atoms in total. The summed E-state index contributed by atoms with van der Waals surface area (Å²) < 4.78 is 1.36. The number of nitrogens with zero attached hydrogens (tertiary/aromatic N) is 2. The molecule has 0 aromatic carbocycles. The summed E-state index contributed by atoms with van der Waals surface area (Å²) in [6.45, 7) is -0.198. The molecule has 0 radical (unpaired) electrons. The molecule has 14 heteroatoms. The number of ketones is 1. The molecular formula is C28H33ClN6O6S. The van der Waals surface area contributed by atoms with Crippen LogP contribution in [-0.2, 0) is 25.7 Å². The number of amides is 4. The number of carbonyl (C=O) groups is 5. The van der Waals surface area contributed by atoms with Crippen molar-refractivity contribution in [2.45, 2.75) is 63.6 Å². The Balaban J connectivity index is 1.24. The van der Waals surface area contributed by atoms with Crippen LogP contribution in [-0.4, -0.2) is 58.1 Å². The van der Waals surface area contributed by atoms with Crippen molar-refractivity contribution in [2.24, 2.45) is 23.7 Å². The first-order valence-electron chi connectivity index (χ1n) is 14.1. The number of Topliss-reactive ketones (excluding diaryl/α,β-unsaturated/α-hetero) is 1. The van der Waals surface area contributed by atoms with E-state index in [0.29, 0.717) is 11.8 Å². The highest BCUT2D eigenvalue weighted by Gasteiger charge is 2.48. The van der Waals surface area contributed by atoms with E-state index < -0.39 is 35.1 Å². The highest BCUT2D eigenvalue weighted by atomic mass is 35.5. The van der Waals surface area contributed by atoms with E-state index in [2.05, 4.69) is 26.3 Å². The van der Waals surface area contributed by atoms with E-state index >= 15 is 0 Å². The highest BCUT2D eigenvalue weighted by Crippen LogP contribution is 2.53. The van der Waals surface area contributed by atoms with Gasteiger partial charge in [-0.3, -0.25) is 28.8 Å². The van der Waals surface area contributed by atoms with Crippen LogP contribution in [0.25, 0.3) is 0 Å². The fraction of sp³-hybridized carbons (Fsp3) is 0.536. The molecular weight excluding hydrogens is 584 g/mol. The van der Waals surface area contributed by atoms with Crippen molar-refractivity contribution >= 4 is 58.0 Å². The summed E-state index contributed by atoms with van der Waals surface area (Å²) >= 11 is 6.84. The number of thiazole rings is 1. The molecule has 4 saturated carbocycles. The van der Waals surface area contributed by atoms with Gasteiger partial charge in [0, 0.05) is 31.1 Å². The molecule has 1 atom stereocenters. The molecule has 4 N–H and O–H groups in total. The number of rotatable bonds is 11. The van der Waals surface area contributed by atoms with Crippen LogP contribution in [0.3, 0.4) is 0 Å². The van der Waals surface area contributed by atoms with Gasteiger partial charge in [0.25, 0.3) is 17.4 Å². The van der Waals surface area contributed by atoms with E-state index in [0.717, 1.165) is 48.9 Å². The summed E-state index contributed by atoms with van der Waals surface area (Å²) in [5, 5.41) is 11.8. The van der Waals surface area contributed by atoms with E-state index in [9.17, 15) is 28.8 Å². The Bertz CT molecular complexity index is 1430. The average Bonchev–Trinajstić information content (AvgIpc) is 3.40. The molecule has 2 aromatic rings. The predicted octanol–water partition coefficient (Wildman–Crippen LogP) is 1.73. The quantitative estimate of drug-likeness (QED) is 0.279. The maximum Gasteiger partial charge on any atom is 0.287 e. The monoisotopic (exact) mass is 616 g/mol. The molecule has 0 saturated heterocycles. The van der Waals surface area contributed by atoms with Gasteiger partial charge in [-0.2, -0.15) is 0 Å². The van der Waals surface area contributed by atoms with Gasteiger partial charge in [-0.15, -0.1) is 11.3 Å². The Hall–Kier alpha value is -3.58. The first kappa shape index (κ1) is 29.9. The van der Waals surface area contributed by atoms with E-state index in [-0.39, 0.29) is 47.2 Å². The van der Waals surface area contributed by atoms with Crippen LogP contribution in [0.15, 0.2) is 28.5 Å². The zero-order valence-electron chi connectivity index (χ0n) is 23.1. The Morgan fingerprint density at radius 1 is 1.10 bits per heavy atom. The first-order valence-corrected chi connectivity index (χ1v) is 15.3. The van der Waals surface area contributed by atoms with Gasteiger partial charge in [0.2, 0.25) is 17.6 Å². The van der Waals surface area contributed by atoms with Gasteiger partial charge in [-0.25, -0.2) is 4.98 Å². The largest absolute Gasteiger partial charge is 0.353 e. The van der Waals surface area contributed by atoms with Crippen molar-refractivity contribution in [1.29, 1.82) is 0 Å². The molecule has 4 amide bonds. The molecule has 2 aromatic heterocycles. The molecule has 4 aliphatic carbocycles. The Morgan fingerprint density at radius 2 is 1.79 bits per heavy atom. The number of halogens is 1. The van der Waals surface area contributed by atoms with Crippen LogP contribution in [0.4, 0.5) is 5.69 Å². The summed E-state index contributed by atoms with van der Waals surface area (Å²) in [6.07, 6.45) is 6.86. The fourth-order valence-corrected chi connectivity index (χ4v) is 7.65. The van der Waals surface area contributed by atoms with Crippen LogP contribution in [0.1, 0.15) is 55.4 Å². The standard InChI is InChI=1S/C28H33ClN6O6S/c1-30-26(40)21(36)5-4-18(31-25(39)20-13-42-28(29)33-20)24(38)32-19-3-2-6-35(27(19)41)12-22(37)34-23-16-8-14-7-15(10-16)11-17(23)9-14/h2-3,6,13-18,23H,4-5,7-12H2,1H3,(H,30,40)(H,31,39)(H,32,38)(H,34,37)/t14?,15?,16?,17?,18-,23?/m0/s1. The second-order valence-electron chi connectivity index (χ2n) is 11.4. The number of hydrogen-bond acceptors (Lipinski definition) is 8. The topological polar surface area (TPSA) is 168 Å². The van der Waals surface area contributed by atoms with Crippen LogP contribution < -0.4 is 26.8 Å². The third-order valence-electron chi connectivity index (χ3n) is 8.62. The lowest BCUT2D eigenvalue weighted by atomic mass is 9.54. The van der Waals surface area contributed by atoms with Gasteiger partial charge < -0.3 is 25.8 Å². The molecule has 224 valence electrons. The predicted molar refractivity (Wildman–Crippen MR) is 155 cm³/mol. The summed E-state index contributed by atoms with van der Waals surface area (Å²) in [7, 11) is 1.31. The number of likely N-dealkylation sites (N-methyl/N-ethyl adjacent to an activating group) is 1. The minimum absolute atomic E-state index is 0.0207. The van der Waals surface area contributed by atoms with Gasteiger partial charge in [0.05, 0.1) is 0 Å². The molecule has 0 aliphatic heterocycles. The number of nitrogens with one attached hydrogen (secondary N) is 4. The van der Waals surface area contributed by atoms with Crippen LogP contribution in [0.5, 0.6) is 0 Å². The Morgan fingerprint density at radius 3 is 2.40 bits per heavy atom. The molecule has 0 unspecified atom stereocenters. The molecule has 4 aliphatic rings. The number of aromatic nitrogens is 2. The van der Waals surface area contributed by atoms with Crippen molar-refractivity contribution in [2.75, 3.05) is 12.4 Å². The fourth-order valence-electron chi connectivity index (χ4n) is 6.91. The maximum atomic E-state index is 13.2. The first-order chi connectivity index (χ1) is 20.1. The van der Waals surface area contributed by atoms with Gasteiger partial charge in [-0.05, 0) is 74.3 Å². The molecule has 2 heterocycles. The Labute approximate surface area is 251 Å². The smallest absolute Gasteiger partial charge is 0.287 e. The number of anilines is 1. The Kier molecular flexibility index (Phi) is 9.07. The van der Waals surface area contributed by atoms with Crippen molar-refractivity contribution in [1.82, 2.24) is 25.5 Å². The summed E-state index contributed by atoms with van der Waals surface area (Å²) in [4.78, 5) is 79.7. The third kappa shape index (κ3) is 6.73.